The van der Waals surface area contributed by atoms with Crippen LogP contribution in [0.25, 0.3) is 0 Å². The number of hydrogen-bond acceptors (Lipinski definition) is 3. The quantitative estimate of drug-likeness (QED) is 0.747. The second-order valence-corrected chi connectivity index (χ2v) is 3.42. The van der Waals surface area contributed by atoms with Crippen molar-refractivity contribution in [2.45, 2.75) is 0 Å². The maximum absolute atomic E-state index is 11.8. The van der Waals surface area contributed by atoms with E-state index in [4.69, 9.17) is 17.3 Å². The van der Waals surface area contributed by atoms with Gasteiger partial charge < -0.3 is 5.73 Å². The number of hydrogen-bond donors (Lipinski definition) is 1. The molecule has 2 aromatic rings. The van der Waals surface area contributed by atoms with Gasteiger partial charge in [0.05, 0.1) is 10.6 Å². The van der Waals surface area contributed by atoms with Crippen LogP contribution in [0.2, 0.25) is 5.02 Å². The number of anilines is 1. The number of nitrogen functional groups attached to an aromatic ring is 1. The minimum absolute atomic E-state index is 0.225. The summed E-state index contributed by atoms with van der Waals surface area (Å²) in [7, 11) is 0. The SMILES string of the molecule is Nc1ccc(C(=O)n2ccnc2)c(Cl)c1. The van der Waals surface area contributed by atoms with Gasteiger partial charge >= 0.3 is 0 Å². The lowest BCUT2D eigenvalue weighted by Crippen LogP contribution is -2.10. The molecule has 0 saturated carbocycles. The molecule has 0 atom stereocenters. The Kier molecular flexibility index (Phi) is 2.43. The number of aromatic nitrogens is 2. The van der Waals surface area contributed by atoms with Gasteiger partial charge in [-0.25, -0.2) is 4.98 Å². The van der Waals surface area contributed by atoms with Gasteiger partial charge in [-0.3, -0.25) is 9.36 Å². The Labute approximate surface area is 91.3 Å². The molecule has 0 saturated heterocycles. The molecular formula is C10H8ClN3O. The van der Waals surface area contributed by atoms with Crippen LogP contribution in [0.3, 0.4) is 0 Å². The highest BCUT2D eigenvalue weighted by Gasteiger charge is 2.11. The number of imidazole rings is 1. The van der Waals surface area contributed by atoms with Crippen LogP contribution in [0, 0.1) is 0 Å². The van der Waals surface area contributed by atoms with Gasteiger partial charge in [-0.1, -0.05) is 11.6 Å². The highest BCUT2D eigenvalue weighted by Crippen LogP contribution is 2.19. The Morgan fingerprint density at radius 3 is 2.87 bits per heavy atom. The lowest BCUT2D eigenvalue weighted by Gasteiger charge is -2.04. The second-order valence-electron chi connectivity index (χ2n) is 3.01. The molecule has 0 aliphatic carbocycles. The van der Waals surface area contributed by atoms with Crippen molar-refractivity contribution in [3.05, 3.63) is 47.5 Å². The lowest BCUT2D eigenvalue weighted by molar-refractivity contribution is 0.0960. The van der Waals surface area contributed by atoms with Gasteiger partial charge in [0.25, 0.3) is 5.91 Å². The van der Waals surface area contributed by atoms with Crippen LogP contribution in [0.4, 0.5) is 5.69 Å². The number of halogens is 1. The van der Waals surface area contributed by atoms with Crippen molar-refractivity contribution < 1.29 is 4.79 Å². The van der Waals surface area contributed by atoms with Gasteiger partial charge in [-0.05, 0) is 18.2 Å². The van der Waals surface area contributed by atoms with Crippen LogP contribution in [-0.2, 0) is 0 Å². The van der Waals surface area contributed by atoms with E-state index in [9.17, 15) is 4.79 Å². The third-order valence-corrected chi connectivity index (χ3v) is 2.28. The Hall–Kier alpha value is -1.81. The summed E-state index contributed by atoms with van der Waals surface area (Å²) < 4.78 is 1.36. The molecule has 0 fully saturated rings. The van der Waals surface area contributed by atoms with E-state index in [1.807, 2.05) is 0 Å². The Bertz CT molecular complexity index is 493. The van der Waals surface area contributed by atoms with E-state index in [2.05, 4.69) is 4.98 Å². The molecule has 1 aromatic carbocycles. The van der Waals surface area contributed by atoms with Gasteiger partial charge in [0.2, 0.25) is 0 Å². The van der Waals surface area contributed by atoms with Gasteiger partial charge in [0.15, 0.2) is 0 Å². The first-order valence-electron chi connectivity index (χ1n) is 4.26. The van der Waals surface area contributed by atoms with Crippen LogP contribution >= 0.6 is 11.6 Å². The monoisotopic (exact) mass is 221 g/mol. The summed E-state index contributed by atoms with van der Waals surface area (Å²) in [5, 5.41) is 0.341. The van der Waals surface area contributed by atoms with Gasteiger partial charge in [-0.2, -0.15) is 0 Å². The van der Waals surface area contributed by atoms with Crippen molar-refractivity contribution in [2.75, 3.05) is 5.73 Å². The van der Waals surface area contributed by atoms with Crippen molar-refractivity contribution in [1.29, 1.82) is 0 Å². The number of carbonyl (C=O) groups excluding carboxylic acids is 1. The molecule has 0 aliphatic heterocycles. The largest absolute Gasteiger partial charge is 0.399 e. The average molecular weight is 222 g/mol. The molecule has 0 aliphatic rings. The zero-order valence-corrected chi connectivity index (χ0v) is 8.48. The molecule has 2 N–H and O–H groups in total. The normalized spacial score (nSPS) is 10.2. The van der Waals surface area contributed by atoms with Gasteiger partial charge in [0.1, 0.15) is 6.33 Å². The maximum Gasteiger partial charge on any atom is 0.264 e. The van der Waals surface area contributed by atoms with E-state index in [-0.39, 0.29) is 5.91 Å². The van der Waals surface area contributed by atoms with Crippen LogP contribution in [0.5, 0.6) is 0 Å². The Morgan fingerprint density at radius 2 is 2.27 bits per heavy atom. The first-order chi connectivity index (χ1) is 7.18. The molecule has 0 spiro atoms. The number of benzene rings is 1. The molecule has 1 aromatic heterocycles. The standard InChI is InChI=1S/C10H8ClN3O/c11-9-5-7(12)1-2-8(9)10(15)14-4-3-13-6-14/h1-6H,12H2. The summed E-state index contributed by atoms with van der Waals surface area (Å²) in [4.78, 5) is 15.6. The first-order valence-corrected chi connectivity index (χ1v) is 4.64. The fourth-order valence-electron chi connectivity index (χ4n) is 1.22. The zero-order chi connectivity index (χ0) is 10.8. The number of rotatable bonds is 1. The molecule has 0 radical (unpaired) electrons. The predicted octanol–water partition coefficient (Wildman–Crippen LogP) is 1.81. The summed E-state index contributed by atoms with van der Waals surface area (Å²) in [6, 6.07) is 4.78. The maximum atomic E-state index is 11.8. The van der Waals surface area contributed by atoms with E-state index in [0.29, 0.717) is 16.3 Å². The number of nitrogens with zero attached hydrogens (tertiary/aromatic N) is 2. The highest BCUT2D eigenvalue weighted by atomic mass is 35.5. The molecule has 1 heterocycles. The summed E-state index contributed by atoms with van der Waals surface area (Å²) in [6.45, 7) is 0. The molecule has 5 heteroatoms. The van der Waals surface area contributed by atoms with E-state index < -0.39 is 0 Å². The fourth-order valence-corrected chi connectivity index (χ4v) is 1.49. The van der Waals surface area contributed by atoms with E-state index >= 15 is 0 Å². The molecule has 76 valence electrons. The van der Waals surface area contributed by atoms with Crippen molar-refractivity contribution in [3.63, 3.8) is 0 Å². The van der Waals surface area contributed by atoms with Crippen LogP contribution in [0.1, 0.15) is 10.4 Å². The molecule has 15 heavy (non-hydrogen) atoms. The predicted molar refractivity (Wildman–Crippen MR) is 57.8 cm³/mol. The molecule has 4 nitrogen and oxygen atoms in total. The smallest absolute Gasteiger partial charge is 0.264 e. The zero-order valence-electron chi connectivity index (χ0n) is 7.72. The van der Waals surface area contributed by atoms with E-state index in [0.717, 1.165) is 0 Å². The number of carbonyl (C=O) groups is 1. The van der Waals surface area contributed by atoms with Crippen LogP contribution in [-0.4, -0.2) is 15.5 Å². The number of nitrogens with two attached hydrogens (primary N) is 1. The highest BCUT2D eigenvalue weighted by molar-refractivity contribution is 6.34. The molecule has 2 rings (SSSR count). The fraction of sp³-hybridized carbons (Fsp3) is 0. The van der Waals surface area contributed by atoms with Crippen LogP contribution in [0.15, 0.2) is 36.9 Å². The summed E-state index contributed by atoms with van der Waals surface area (Å²) in [5.74, 6) is -0.225. The second kappa shape index (κ2) is 3.74. The summed E-state index contributed by atoms with van der Waals surface area (Å²) in [6.07, 6.45) is 4.52. The molecular weight excluding hydrogens is 214 g/mol. The van der Waals surface area contributed by atoms with Crippen molar-refractivity contribution >= 4 is 23.2 Å². The Morgan fingerprint density at radius 1 is 1.47 bits per heavy atom. The van der Waals surface area contributed by atoms with Crippen molar-refractivity contribution in [2.24, 2.45) is 0 Å². The molecule has 0 amide bonds. The van der Waals surface area contributed by atoms with Gasteiger partial charge in [0, 0.05) is 18.1 Å². The minimum atomic E-state index is -0.225. The van der Waals surface area contributed by atoms with E-state index in [1.54, 1.807) is 24.4 Å². The lowest BCUT2D eigenvalue weighted by atomic mass is 10.2. The molecule has 0 unspecified atom stereocenters. The Balaban J connectivity index is 2.42. The van der Waals surface area contributed by atoms with Crippen molar-refractivity contribution in [1.82, 2.24) is 9.55 Å². The summed E-state index contributed by atoms with van der Waals surface area (Å²) in [5.41, 5.74) is 6.47. The molecule has 0 bridgehead atoms. The van der Waals surface area contributed by atoms with Crippen LogP contribution < -0.4 is 5.73 Å². The topological polar surface area (TPSA) is 60.9 Å². The third kappa shape index (κ3) is 1.85. The van der Waals surface area contributed by atoms with E-state index in [1.165, 1.54) is 17.1 Å². The third-order valence-electron chi connectivity index (χ3n) is 1.96. The van der Waals surface area contributed by atoms with Crippen molar-refractivity contribution in [3.8, 4) is 0 Å². The van der Waals surface area contributed by atoms with Gasteiger partial charge in [-0.15, -0.1) is 0 Å². The first kappa shape index (κ1) is 9.73. The summed E-state index contributed by atoms with van der Waals surface area (Å²) >= 11 is 5.91. The minimum Gasteiger partial charge on any atom is -0.399 e. The average Bonchev–Trinajstić information content (AvgIpc) is 2.69.